The summed E-state index contributed by atoms with van der Waals surface area (Å²) >= 11 is 7.47. The van der Waals surface area contributed by atoms with Gasteiger partial charge in [0.25, 0.3) is 0 Å². The third-order valence-electron chi connectivity index (χ3n) is 13.0. The number of rotatable bonds is 11. The van der Waals surface area contributed by atoms with Crippen LogP contribution in [0.5, 0.6) is 5.75 Å². The lowest BCUT2D eigenvalue weighted by atomic mass is 10.0. The highest BCUT2D eigenvalue weighted by molar-refractivity contribution is 6.38. The Morgan fingerprint density at radius 3 is 1.80 bits per heavy atom. The SMILES string of the molecule is COC(=O)N[C@H](C(=O)N1CCC[C@H]1c1ncc(-c2ccc3c(c2)OC(c2ccccc2)n2c-3c(Cl)c3cc(-c4cnc([C@@H]5CCCN5C(=O)[C@@H](NC(=O)OC)C(C)C)[nH]4)ccc32)[nH]1)C(C)C. The number of hydrogen-bond donors (Lipinski definition) is 4. The maximum Gasteiger partial charge on any atom is 0.407 e. The number of alkyl carbamates (subject to hydrolysis) is 2. The summed E-state index contributed by atoms with van der Waals surface area (Å²) in [5.41, 5.74) is 6.76. The van der Waals surface area contributed by atoms with E-state index in [0.717, 1.165) is 75.9 Å². The van der Waals surface area contributed by atoms with Crippen molar-refractivity contribution in [2.45, 2.75) is 83.8 Å². The topological polar surface area (TPSA) is 189 Å². The van der Waals surface area contributed by atoms with Crippen LogP contribution in [0.25, 0.3) is 44.7 Å². The van der Waals surface area contributed by atoms with Gasteiger partial charge in [-0.3, -0.25) is 14.2 Å². The molecule has 2 saturated heterocycles. The summed E-state index contributed by atoms with van der Waals surface area (Å²) in [6.07, 6.45) is 4.82. The van der Waals surface area contributed by atoms with Crippen molar-refractivity contribution < 1.29 is 33.4 Å². The van der Waals surface area contributed by atoms with E-state index in [1.54, 1.807) is 22.2 Å². The van der Waals surface area contributed by atoms with Crippen molar-refractivity contribution in [1.29, 1.82) is 0 Å². The van der Waals surface area contributed by atoms with Gasteiger partial charge in [-0.2, -0.15) is 0 Å². The molecule has 17 heteroatoms. The number of nitrogens with zero attached hydrogens (tertiary/aromatic N) is 5. The van der Waals surface area contributed by atoms with Gasteiger partial charge in [-0.25, -0.2) is 19.6 Å². The number of aromatic amines is 2. The van der Waals surface area contributed by atoms with Crippen LogP contribution in [0, 0.1) is 11.8 Å². The first-order chi connectivity index (χ1) is 31.9. The number of aromatic nitrogens is 5. The molecule has 3 aliphatic rings. The summed E-state index contributed by atoms with van der Waals surface area (Å²) in [6, 6.07) is 20.2. The van der Waals surface area contributed by atoms with Gasteiger partial charge in [-0.15, -0.1) is 0 Å². The Balaban J connectivity index is 1.02. The zero-order chi connectivity index (χ0) is 46.4. The van der Waals surface area contributed by atoms with Crippen molar-refractivity contribution in [2.24, 2.45) is 11.8 Å². The second-order valence-corrected chi connectivity index (χ2v) is 18.2. The molecule has 344 valence electrons. The number of carbonyl (C=O) groups excluding carboxylic acids is 4. The van der Waals surface area contributed by atoms with Crippen LogP contribution in [0.1, 0.15) is 88.9 Å². The van der Waals surface area contributed by atoms with Crippen molar-refractivity contribution in [3.05, 3.63) is 101 Å². The molecule has 16 nitrogen and oxygen atoms in total. The molecule has 0 bridgehead atoms. The van der Waals surface area contributed by atoms with Gasteiger partial charge >= 0.3 is 12.2 Å². The number of nitrogens with one attached hydrogen (secondary N) is 4. The lowest BCUT2D eigenvalue weighted by Crippen LogP contribution is -2.51. The fourth-order valence-electron chi connectivity index (χ4n) is 9.62. The van der Waals surface area contributed by atoms with Gasteiger partial charge in [0.2, 0.25) is 18.0 Å². The second kappa shape index (κ2) is 18.2. The van der Waals surface area contributed by atoms with Crippen LogP contribution in [0.4, 0.5) is 9.59 Å². The second-order valence-electron chi connectivity index (χ2n) is 17.8. The van der Waals surface area contributed by atoms with E-state index in [0.29, 0.717) is 35.5 Å². The van der Waals surface area contributed by atoms with Crippen molar-refractivity contribution in [3.63, 3.8) is 0 Å². The highest BCUT2D eigenvalue weighted by Crippen LogP contribution is 2.50. The Bertz CT molecular complexity index is 2800. The third-order valence-corrected chi connectivity index (χ3v) is 13.4. The van der Waals surface area contributed by atoms with Gasteiger partial charge in [0.1, 0.15) is 29.5 Å². The number of benzene rings is 3. The number of carbonyl (C=O) groups is 4. The van der Waals surface area contributed by atoms with Gasteiger partial charge in [0, 0.05) is 40.7 Å². The fraction of sp³-hybridized carbons (Fsp3) is 0.388. The number of likely N-dealkylation sites (tertiary alicyclic amines) is 2. The Morgan fingerprint density at radius 1 is 0.742 bits per heavy atom. The average Bonchev–Trinajstić information content (AvgIpc) is 4.19. The zero-order valence-corrected chi connectivity index (χ0v) is 38.5. The average molecular weight is 916 g/mol. The minimum Gasteiger partial charge on any atom is -0.465 e. The number of H-pyrrole nitrogens is 2. The molecule has 6 aromatic rings. The van der Waals surface area contributed by atoms with Crippen molar-refractivity contribution in [2.75, 3.05) is 27.3 Å². The molecule has 3 aromatic carbocycles. The van der Waals surface area contributed by atoms with Gasteiger partial charge in [0.05, 0.1) is 66.3 Å². The summed E-state index contributed by atoms with van der Waals surface area (Å²) in [6.45, 7) is 8.68. The number of ether oxygens (including phenoxy) is 3. The minimum absolute atomic E-state index is 0.142. The summed E-state index contributed by atoms with van der Waals surface area (Å²) in [4.78, 5) is 71.9. The van der Waals surface area contributed by atoms with Crippen molar-refractivity contribution in [1.82, 2.24) is 44.9 Å². The molecule has 66 heavy (non-hydrogen) atoms. The van der Waals surface area contributed by atoms with Crippen LogP contribution in [0.3, 0.4) is 0 Å². The molecule has 5 atom stereocenters. The molecule has 1 unspecified atom stereocenters. The standard InChI is InChI=1S/C49H54ClN9O7/c1-26(2)40(55-48(62)64-5)45(60)57-20-10-14-36(57)43-51-24-33(53-43)29-17-19-35-32(22-29)39(50)42-31-18-16-30(23-38(31)66-47(59(35)42)28-12-8-7-9-13-28)34-25-52-44(54-34)37-15-11-21-58(37)46(61)41(27(3)4)56-49(63)65-6/h7-9,12-13,16-19,22-27,36-37,40-41,47H,10-11,14-15,20-21H2,1-6H3,(H,51,53)(H,52,54)(H,55,62)(H,56,63)/t36-,37-,40-,41-,47?/m0/s1. The summed E-state index contributed by atoms with van der Waals surface area (Å²) < 4.78 is 18.7. The molecule has 9 rings (SSSR count). The van der Waals surface area contributed by atoms with E-state index in [1.807, 2.05) is 82.3 Å². The van der Waals surface area contributed by atoms with E-state index in [1.165, 1.54) is 14.2 Å². The third kappa shape index (κ3) is 8.11. The van der Waals surface area contributed by atoms with Crippen molar-refractivity contribution >= 4 is 46.5 Å². The van der Waals surface area contributed by atoms with Crippen LogP contribution in [-0.4, -0.2) is 97.7 Å². The van der Waals surface area contributed by atoms with Gasteiger partial charge in [-0.05, 0) is 61.8 Å². The molecule has 3 aliphatic heterocycles. The lowest BCUT2D eigenvalue weighted by molar-refractivity contribution is -0.136. The molecule has 2 fully saturated rings. The molecule has 4 N–H and O–H groups in total. The first-order valence-corrected chi connectivity index (χ1v) is 22.8. The first kappa shape index (κ1) is 44.4. The molecule has 0 saturated carbocycles. The molecular weight excluding hydrogens is 862 g/mol. The number of fused-ring (bicyclic) bond motifs is 5. The Labute approximate surface area is 387 Å². The molecule has 0 aliphatic carbocycles. The number of hydrogen-bond acceptors (Lipinski definition) is 9. The summed E-state index contributed by atoms with van der Waals surface area (Å²) in [5.74, 6) is 1.37. The maximum absolute atomic E-state index is 13.8. The zero-order valence-electron chi connectivity index (χ0n) is 37.8. The lowest BCUT2D eigenvalue weighted by Gasteiger charge is -2.30. The largest absolute Gasteiger partial charge is 0.465 e. The maximum atomic E-state index is 13.8. The van der Waals surface area contributed by atoms with Crippen molar-refractivity contribution in [3.8, 4) is 39.5 Å². The molecule has 0 radical (unpaired) electrons. The van der Waals surface area contributed by atoms with Crippen LogP contribution in [-0.2, 0) is 19.1 Å². The van der Waals surface area contributed by atoms with Crippen LogP contribution in [0.15, 0.2) is 79.1 Å². The number of imidazole rings is 2. The first-order valence-electron chi connectivity index (χ1n) is 22.5. The minimum atomic E-state index is -0.732. The molecular formula is C49H54ClN9O7. The van der Waals surface area contributed by atoms with E-state index in [9.17, 15) is 19.2 Å². The quantitative estimate of drug-likeness (QED) is 0.0985. The Hall–Kier alpha value is -6.81. The molecule has 3 aromatic heterocycles. The Morgan fingerprint density at radius 2 is 1.27 bits per heavy atom. The highest BCUT2D eigenvalue weighted by atomic mass is 35.5. The van der Waals surface area contributed by atoms with E-state index >= 15 is 0 Å². The number of halogens is 1. The van der Waals surface area contributed by atoms with Crippen LogP contribution in [0.2, 0.25) is 5.02 Å². The van der Waals surface area contributed by atoms with E-state index < -0.39 is 30.5 Å². The predicted octanol–water partition coefficient (Wildman–Crippen LogP) is 8.77. The molecule has 0 spiro atoms. The highest BCUT2D eigenvalue weighted by Gasteiger charge is 2.40. The monoisotopic (exact) mass is 915 g/mol. The fourth-order valence-corrected chi connectivity index (χ4v) is 9.96. The number of methoxy groups -OCH3 is 2. The summed E-state index contributed by atoms with van der Waals surface area (Å²) in [7, 11) is 2.57. The van der Waals surface area contributed by atoms with E-state index in [-0.39, 0.29) is 35.7 Å². The smallest absolute Gasteiger partial charge is 0.407 e. The van der Waals surface area contributed by atoms with E-state index in [2.05, 4.69) is 37.3 Å². The molecule has 4 amide bonds. The molecule has 6 heterocycles. The van der Waals surface area contributed by atoms with E-state index in [4.69, 9.17) is 35.8 Å². The predicted molar refractivity (Wildman–Crippen MR) is 248 cm³/mol. The van der Waals surface area contributed by atoms with Gasteiger partial charge < -0.3 is 44.6 Å². The Kier molecular flexibility index (Phi) is 12.3. The number of amides is 4. The van der Waals surface area contributed by atoms with Crippen LogP contribution >= 0.6 is 11.6 Å². The van der Waals surface area contributed by atoms with Gasteiger partial charge in [-0.1, -0.05) is 81.8 Å². The normalized spacial score (nSPS) is 18.8. The van der Waals surface area contributed by atoms with Gasteiger partial charge in [0.15, 0.2) is 0 Å². The van der Waals surface area contributed by atoms with Crippen LogP contribution < -0.4 is 15.4 Å². The summed E-state index contributed by atoms with van der Waals surface area (Å²) in [5, 5.41) is 6.83.